The van der Waals surface area contributed by atoms with Crippen LogP contribution in [0.25, 0.3) is 0 Å². The number of anilines is 1. The van der Waals surface area contributed by atoms with Crippen LogP contribution in [0.1, 0.15) is 15.9 Å². The van der Waals surface area contributed by atoms with E-state index in [1.165, 1.54) is 0 Å². The molecule has 0 saturated heterocycles. The Labute approximate surface area is 135 Å². The van der Waals surface area contributed by atoms with Crippen molar-refractivity contribution in [2.75, 3.05) is 5.32 Å². The summed E-state index contributed by atoms with van der Waals surface area (Å²) in [5.41, 5.74) is 2.28. The van der Waals surface area contributed by atoms with Gasteiger partial charge in [0, 0.05) is 14.8 Å². The summed E-state index contributed by atoms with van der Waals surface area (Å²) in [6.45, 7) is 1.95. The number of carbonyl (C=O) groups is 1. The Morgan fingerprint density at radius 3 is 2.47 bits per heavy atom. The van der Waals surface area contributed by atoms with Crippen molar-refractivity contribution < 1.29 is 4.79 Å². The van der Waals surface area contributed by atoms with Crippen LogP contribution in [0.4, 0.5) is 5.69 Å². The molecule has 0 saturated carbocycles. The van der Waals surface area contributed by atoms with E-state index in [9.17, 15) is 4.79 Å². The first-order valence-electron chi connectivity index (χ1n) is 5.50. The second kappa shape index (κ2) is 6.11. The van der Waals surface area contributed by atoms with Gasteiger partial charge in [-0.25, -0.2) is 0 Å². The molecule has 0 heterocycles. The van der Waals surface area contributed by atoms with Crippen LogP contribution in [-0.4, -0.2) is 5.91 Å². The summed E-state index contributed by atoms with van der Waals surface area (Å²) in [5, 5.41) is 3.66. The first kappa shape index (κ1) is 14.6. The van der Waals surface area contributed by atoms with Gasteiger partial charge in [0.15, 0.2) is 0 Å². The molecular formula is C14H10Cl2INO. The molecule has 0 aliphatic heterocycles. The minimum absolute atomic E-state index is 0.206. The fraction of sp³-hybridized carbons (Fsp3) is 0.0714. The molecule has 0 bridgehead atoms. The van der Waals surface area contributed by atoms with Crippen LogP contribution < -0.4 is 5.32 Å². The van der Waals surface area contributed by atoms with Gasteiger partial charge in [0.25, 0.3) is 5.91 Å². The summed E-state index contributed by atoms with van der Waals surface area (Å²) < 4.78 is 1.13. The zero-order valence-electron chi connectivity index (χ0n) is 10.0. The molecule has 19 heavy (non-hydrogen) atoms. The number of rotatable bonds is 2. The lowest BCUT2D eigenvalue weighted by Gasteiger charge is -2.09. The van der Waals surface area contributed by atoms with Crippen molar-refractivity contribution in [3.05, 3.63) is 61.1 Å². The quantitative estimate of drug-likeness (QED) is 0.687. The maximum absolute atomic E-state index is 12.1. The predicted octanol–water partition coefficient (Wildman–Crippen LogP) is 5.16. The average molecular weight is 406 g/mol. The third-order valence-corrected chi connectivity index (χ3v) is 4.03. The van der Waals surface area contributed by atoms with Crippen LogP contribution in [0.15, 0.2) is 36.4 Å². The van der Waals surface area contributed by atoms with Crippen LogP contribution in [0.3, 0.4) is 0 Å². The first-order valence-corrected chi connectivity index (χ1v) is 7.33. The predicted molar refractivity (Wildman–Crippen MR) is 88.3 cm³/mol. The van der Waals surface area contributed by atoms with Gasteiger partial charge in [-0.05, 0) is 71.5 Å². The van der Waals surface area contributed by atoms with Gasteiger partial charge >= 0.3 is 0 Å². The maximum Gasteiger partial charge on any atom is 0.255 e. The molecule has 0 aliphatic carbocycles. The standard InChI is InChI=1S/C14H10Cl2INO/c1-8-6-10(17)3-5-13(8)18-14(19)9-2-4-11(15)12(16)7-9/h2-7H,1H3,(H,18,19). The van der Waals surface area contributed by atoms with Crippen molar-refractivity contribution in [2.45, 2.75) is 6.92 Å². The number of hydrogen-bond donors (Lipinski definition) is 1. The van der Waals surface area contributed by atoms with E-state index in [4.69, 9.17) is 23.2 Å². The van der Waals surface area contributed by atoms with Crippen LogP contribution in [0.5, 0.6) is 0 Å². The van der Waals surface area contributed by atoms with Crippen molar-refractivity contribution >= 4 is 57.4 Å². The van der Waals surface area contributed by atoms with E-state index in [1.54, 1.807) is 18.2 Å². The molecule has 2 nitrogen and oxygen atoms in total. The third kappa shape index (κ3) is 3.61. The van der Waals surface area contributed by atoms with Gasteiger partial charge in [0.1, 0.15) is 0 Å². The summed E-state index contributed by atoms with van der Waals surface area (Å²) in [7, 11) is 0. The van der Waals surface area contributed by atoms with Crippen molar-refractivity contribution in [1.29, 1.82) is 0 Å². The summed E-state index contributed by atoms with van der Waals surface area (Å²) >= 11 is 14.0. The Hall–Kier alpha value is -0.780. The Kier molecular flexibility index (Phi) is 4.71. The van der Waals surface area contributed by atoms with E-state index in [1.807, 2.05) is 25.1 Å². The topological polar surface area (TPSA) is 29.1 Å². The summed E-state index contributed by atoms with van der Waals surface area (Å²) in [6.07, 6.45) is 0. The highest BCUT2D eigenvalue weighted by Crippen LogP contribution is 2.24. The lowest BCUT2D eigenvalue weighted by Crippen LogP contribution is -2.12. The van der Waals surface area contributed by atoms with Gasteiger partial charge in [-0.3, -0.25) is 4.79 Å². The zero-order chi connectivity index (χ0) is 14.0. The van der Waals surface area contributed by atoms with Crippen LogP contribution in [0.2, 0.25) is 10.0 Å². The molecule has 0 spiro atoms. The Morgan fingerprint density at radius 1 is 1.11 bits per heavy atom. The van der Waals surface area contributed by atoms with Crippen molar-refractivity contribution in [1.82, 2.24) is 0 Å². The van der Waals surface area contributed by atoms with Crippen molar-refractivity contribution in [3.63, 3.8) is 0 Å². The molecule has 2 aromatic carbocycles. The lowest BCUT2D eigenvalue weighted by molar-refractivity contribution is 0.102. The molecule has 0 atom stereocenters. The molecule has 0 fully saturated rings. The monoisotopic (exact) mass is 405 g/mol. The Morgan fingerprint density at radius 2 is 1.84 bits per heavy atom. The van der Waals surface area contributed by atoms with E-state index in [0.717, 1.165) is 14.8 Å². The Balaban J connectivity index is 2.23. The fourth-order valence-corrected chi connectivity index (χ4v) is 2.54. The number of nitrogens with one attached hydrogen (secondary N) is 1. The normalized spacial score (nSPS) is 10.3. The fourth-order valence-electron chi connectivity index (χ4n) is 1.60. The minimum atomic E-state index is -0.206. The number of benzene rings is 2. The Bertz CT molecular complexity index is 643. The van der Waals surface area contributed by atoms with Gasteiger partial charge in [-0.2, -0.15) is 0 Å². The molecule has 0 radical (unpaired) electrons. The first-order chi connectivity index (χ1) is 8.97. The molecule has 0 unspecified atom stereocenters. The van der Waals surface area contributed by atoms with E-state index in [-0.39, 0.29) is 5.91 Å². The highest BCUT2D eigenvalue weighted by molar-refractivity contribution is 14.1. The minimum Gasteiger partial charge on any atom is -0.322 e. The van der Waals surface area contributed by atoms with E-state index >= 15 is 0 Å². The van der Waals surface area contributed by atoms with Crippen LogP contribution in [-0.2, 0) is 0 Å². The number of amides is 1. The van der Waals surface area contributed by atoms with Gasteiger partial charge < -0.3 is 5.32 Å². The SMILES string of the molecule is Cc1cc(I)ccc1NC(=O)c1ccc(Cl)c(Cl)c1. The van der Waals surface area contributed by atoms with Gasteiger partial charge in [0.2, 0.25) is 0 Å². The second-order valence-corrected chi connectivity index (χ2v) is 6.10. The van der Waals surface area contributed by atoms with Gasteiger partial charge in [-0.1, -0.05) is 23.2 Å². The van der Waals surface area contributed by atoms with E-state index in [0.29, 0.717) is 15.6 Å². The van der Waals surface area contributed by atoms with E-state index in [2.05, 4.69) is 27.9 Å². The third-order valence-electron chi connectivity index (χ3n) is 2.62. The van der Waals surface area contributed by atoms with Crippen molar-refractivity contribution in [3.8, 4) is 0 Å². The summed E-state index contributed by atoms with van der Waals surface area (Å²) in [6, 6.07) is 10.6. The molecule has 98 valence electrons. The molecule has 0 aromatic heterocycles. The highest BCUT2D eigenvalue weighted by atomic mass is 127. The second-order valence-electron chi connectivity index (χ2n) is 4.04. The molecular weight excluding hydrogens is 396 g/mol. The molecule has 2 rings (SSSR count). The van der Waals surface area contributed by atoms with Gasteiger partial charge in [-0.15, -0.1) is 0 Å². The zero-order valence-corrected chi connectivity index (χ0v) is 13.7. The summed E-state index contributed by atoms with van der Waals surface area (Å²) in [5.74, 6) is -0.206. The number of hydrogen-bond acceptors (Lipinski definition) is 1. The largest absolute Gasteiger partial charge is 0.322 e. The maximum atomic E-state index is 12.1. The van der Waals surface area contributed by atoms with Crippen molar-refractivity contribution in [2.24, 2.45) is 0 Å². The number of aryl methyl sites for hydroxylation is 1. The number of halogens is 3. The van der Waals surface area contributed by atoms with Crippen LogP contribution >= 0.6 is 45.8 Å². The number of carbonyl (C=O) groups excluding carboxylic acids is 1. The summed E-state index contributed by atoms with van der Waals surface area (Å²) in [4.78, 5) is 12.1. The van der Waals surface area contributed by atoms with Crippen LogP contribution in [0, 0.1) is 10.5 Å². The van der Waals surface area contributed by atoms with E-state index < -0.39 is 0 Å². The smallest absolute Gasteiger partial charge is 0.255 e. The molecule has 0 aliphatic rings. The van der Waals surface area contributed by atoms with Gasteiger partial charge in [0.05, 0.1) is 10.0 Å². The average Bonchev–Trinajstić information content (AvgIpc) is 2.36. The molecule has 5 heteroatoms. The molecule has 1 N–H and O–H groups in total. The highest BCUT2D eigenvalue weighted by Gasteiger charge is 2.09. The molecule has 1 amide bonds. The molecule has 2 aromatic rings. The lowest BCUT2D eigenvalue weighted by atomic mass is 10.1.